The number of nitrogen functional groups attached to an aromatic ring is 1. The van der Waals surface area contributed by atoms with Gasteiger partial charge in [0.1, 0.15) is 11.4 Å². The molecule has 0 aliphatic heterocycles. The van der Waals surface area contributed by atoms with Crippen molar-refractivity contribution in [1.29, 1.82) is 0 Å². The van der Waals surface area contributed by atoms with Crippen LogP contribution in [0.5, 0.6) is 5.75 Å². The van der Waals surface area contributed by atoms with Crippen LogP contribution in [0.1, 0.15) is 37.6 Å². The first-order valence-corrected chi connectivity index (χ1v) is 6.07. The lowest BCUT2D eigenvalue weighted by Gasteiger charge is -2.26. The summed E-state index contributed by atoms with van der Waals surface area (Å²) in [5.74, 6) is 0.503. The Morgan fingerprint density at radius 2 is 2.00 bits per heavy atom. The highest BCUT2D eigenvalue weighted by atomic mass is 16.5. The summed E-state index contributed by atoms with van der Waals surface area (Å²) in [5, 5.41) is 0. The van der Waals surface area contributed by atoms with Gasteiger partial charge in [0.15, 0.2) is 0 Å². The van der Waals surface area contributed by atoms with Crippen LogP contribution in [0.4, 0.5) is 5.69 Å². The first-order valence-electron chi connectivity index (χ1n) is 6.07. The Morgan fingerprint density at radius 1 is 1.39 bits per heavy atom. The average molecular weight is 250 g/mol. The highest BCUT2D eigenvalue weighted by molar-refractivity contribution is 5.94. The number of rotatable bonds is 4. The van der Waals surface area contributed by atoms with E-state index in [1.54, 1.807) is 32.3 Å². The second kappa shape index (κ2) is 5.29. The van der Waals surface area contributed by atoms with Crippen molar-refractivity contribution in [3.05, 3.63) is 23.8 Å². The number of hydrogen-bond donors (Lipinski definition) is 1. The third-order valence-corrected chi connectivity index (χ3v) is 2.90. The number of nitrogens with zero attached hydrogens (tertiary/aromatic N) is 1. The molecule has 18 heavy (non-hydrogen) atoms. The van der Waals surface area contributed by atoms with Crippen molar-refractivity contribution in [3.8, 4) is 5.75 Å². The summed E-state index contributed by atoms with van der Waals surface area (Å²) in [7, 11) is 3.43. The zero-order valence-corrected chi connectivity index (χ0v) is 11.8. The van der Waals surface area contributed by atoms with Crippen molar-refractivity contribution >= 4 is 11.6 Å². The van der Waals surface area contributed by atoms with Gasteiger partial charge in [-0.3, -0.25) is 4.79 Å². The van der Waals surface area contributed by atoms with Gasteiger partial charge in [0.25, 0.3) is 5.91 Å². The van der Waals surface area contributed by atoms with Crippen LogP contribution in [-0.2, 0) is 0 Å². The van der Waals surface area contributed by atoms with Crippen LogP contribution in [0.25, 0.3) is 0 Å². The Morgan fingerprint density at radius 3 is 2.50 bits per heavy atom. The number of benzene rings is 1. The molecule has 0 saturated carbocycles. The van der Waals surface area contributed by atoms with E-state index in [0.717, 1.165) is 6.42 Å². The number of carbonyl (C=O) groups is 1. The van der Waals surface area contributed by atoms with Gasteiger partial charge in [0, 0.05) is 19.7 Å². The highest BCUT2D eigenvalue weighted by Crippen LogP contribution is 2.28. The molecule has 2 N–H and O–H groups in total. The van der Waals surface area contributed by atoms with E-state index in [-0.39, 0.29) is 11.5 Å². The molecule has 0 aliphatic rings. The first-order chi connectivity index (χ1) is 8.26. The molecule has 0 aliphatic carbocycles. The van der Waals surface area contributed by atoms with Crippen molar-refractivity contribution in [2.75, 3.05) is 19.8 Å². The largest absolute Gasteiger partial charge is 0.486 e. The van der Waals surface area contributed by atoms with Crippen LogP contribution in [-0.4, -0.2) is 30.5 Å². The zero-order chi connectivity index (χ0) is 13.9. The molecule has 0 unspecified atom stereocenters. The summed E-state index contributed by atoms with van der Waals surface area (Å²) >= 11 is 0. The second-order valence-corrected chi connectivity index (χ2v) is 5.17. The normalized spacial score (nSPS) is 11.2. The Labute approximate surface area is 109 Å². The van der Waals surface area contributed by atoms with Crippen molar-refractivity contribution in [3.63, 3.8) is 0 Å². The third-order valence-electron chi connectivity index (χ3n) is 2.90. The van der Waals surface area contributed by atoms with E-state index in [9.17, 15) is 4.79 Å². The summed E-state index contributed by atoms with van der Waals surface area (Å²) in [6.07, 6.45) is 0.859. The quantitative estimate of drug-likeness (QED) is 0.835. The van der Waals surface area contributed by atoms with Crippen LogP contribution in [0.15, 0.2) is 18.2 Å². The minimum atomic E-state index is -0.298. The number of carbonyl (C=O) groups excluding carboxylic acids is 1. The molecule has 1 rings (SSSR count). The summed E-state index contributed by atoms with van der Waals surface area (Å²) in [4.78, 5) is 13.4. The van der Waals surface area contributed by atoms with Crippen LogP contribution in [0.2, 0.25) is 0 Å². The maximum Gasteiger partial charge on any atom is 0.253 e. The lowest BCUT2D eigenvalue weighted by molar-refractivity contribution is 0.0823. The lowest BCUT2D eigenvalue weighted by atomic mass is 10.1. The number of ether oxygens (including phenoxy) is 1. The zero-order valence-electron chi connectivity index (χ0n) is 11.8. The molecule has 4 nitrogen and oxygen atoms in total. The van der Waals surface area contributed by atoms with Crippen LogP contribution < -0.4 is 10.5 Å². The van der Waals surface area contributed by atoms with Gasteiger partial charge in [-0.2, -0.15) is 0 Å². The fourth-order valence-corrected chi connectivity index (χ4v) is 1.38. The van der Waals surface area contributed by atoms with Gasteiger partial charge in [-0.15, -0.1) is 0 Å². The number of anilines is 1. The van der Waals surface area contributed by atoms with E-state index in [1.807, 2.05) is 20.8 Å². The van der Waals surface area contributed by atoms with Crippen molar-refractivity contribution < 1.29 is 9.53 Å². The molecule has 4 heteroatoms. The van der Waals surface area contributed by atoms with Crippen LogP contribution in [0.3, 0.4) is 0 Å². The van der Waals surface area contributed by atoms with Crippen molar-refractivity contribution in [1.82, 2.24) is 4.90 Å². The smallest absolute Gasteiger partial charge is 0.253 e. The summed E-state index contributed by atoms with van der Waals surface area (Å²) < 4.78 is 5.86. The Bertz CT molecular complexity index is 439. The molecule has 0 bridgehead atoms. The van der Waals surface area contributed by atoms with Crippen molar-refractivity contribution in [2.45, 2.75) is 32.8 Å². The van der Waals surface area contributed by atoms with E-state index in [4.69, 9.17) is 10.5 Å². The Hall–Kier alpha value is -1.71. The minimum Gasteiger partial charge on any atom is -0.486 e. The molecule has 0 spiro atoms. The lowest BCUT2D eigenvalue weighted by Crippen LogP contribution is -2.27. The van der Waals surface area contributed by atoms with Crippen LogP contribution >= 0.6 is 0 Å². The summed E-state index contributed by atoms with van der Waals surface area (Å²) in [6.45, 7) is 6.03. The first kappa shape index (κ1) is 14.4. The number of hydrogen-bond acceptors (Lipinski definition) is 3. The van der Waals surface area contributed by atoms with Crippen molar-refractivity contribution in [2.24, 2.45) is 0 Å². The standard InChI is InChI=1S/C14H22N2O2/c1-6-14(2,3)18-12-9-10(7-8-11(12)15)13(17)16(4)5/h7-9H,6,15H2,1-5H3. The monoisotopic (exact) mass is 250 g/mol. The fourth-order valence-electron chi connectivity index (χ4n) is 1.38. The molecule has 0 fully saturated rings. The molecule has 1 aromatic carbocycles. The maximum atomic E-state index is 11.9. The predicted molar refractivity (Wildman–Crippen MR) is 73.9 cm³/mol. The van der Waals surface area contributed by atoms with Gasteiger partial charge in [-0.25, -0.2) is 0 Å². The highest BCUT2D eigenvalue weighted by Gasteiger charge is 2.19. The number of amides is 1. The molecule has 0 radical (unpaired) electrons. The minimum absolute atomic E-state index is 0.0610. The van der Waals surface area contributed by atoms with Gasteiger partial charge >= 0.3 is 0 Å². The van der Waals surface area contributed by atoms with Gasteiger partial charge in [-0.1, -0.05) is 6.92 Å². The van der Waals surface area contributed by atoms with E-state index < -0.39 is 0 Å². The topological polar surface area (TPSA) is 55.6 Å². The fraction of sp³-hybridized carbons (Fsp3) is 0.500. The molecule has 0 heterocycles. The second-order valence-electron chi connectivity index (χ2n) is 5.17. The van der Waals surface area contributed by atoms with E-state index in [0.29, 0.717) is 17.0 Å². The van der Waals surface area contributed by atoms with E-state index in [2.05, 4.69) is 0 Å². The van der Waals surface area contributed by atoms with Gasteiger partial charge in [0.2, 0.25) is 0 Å². The molecule has 1 amide bonds. The molecule has 0 saturated heterocycles. The van der Waals surface area contributed by atoms with E-state index in [1.165, 1.54) is 4.90 Å². The SMILES string of the molecule is CCC(C)(C)Oc1cc(C(=O)N(C)C)ccc1N. The van der Waals surface area contributed by atoms with Crippen LogP contribution in [0, 0.1) is 0 Å². The molecule has 0 atom stereocenters. The number of nitrogens with two attached hydrogens (primary N) is 1. The van der Waals surface area contributed by atoms with Gasteiger partial charge in [0.05, 0.1) is 5.69 Å². The molecule has 1 aromatic rings. The predicted octanol–water partition coefficient (Wildman–Crippen LogP) is 2.54. The summed E-state index contributed by atoms with van der Waals surface area (Å²) in [6, 6.07) is 5.12. The maximum absolute atomic E-state index is 11.9. The molecular formula is C14H22N2O2. The molecule has 100 valence electrons. The Balaban J connectivity index is 3.06. The average Bonchev–Trinajstić information content (AvgIpc) is 2.30. The molecule has 0 aromatic heterocycles. The van der Waals surface area contributed by atoms with E-state index >= 15 is 0 Å². The molecular weight excluding hydrogens is 228 g/mol. The van der Waals surface area contributed by atoms with Gasteiger partial charge in [-0.05, 0) is 38.5 Å². The Kier molecular flexibility index (Phi) is 4.22. The van der Waals surface area contributed by atoms with Gasteiger partial charge < -0.3 is 15.4 Å². The third kappa shape index (κ3) is 3.39. The summed E-state index contributed by atoms with van der Waals surface area (Å²) in [5.41, 5.74) is 6.71.